The van der Waals surface area contributed by atoms with Gasteiger partial charge in [-0.1, -0.05) is 0 Å². The molecule has 7 heteroatoms. The van der Waals surface area contributed by atoms with E-state index in [0.29, 0.717) is 11.4 Å². The highest BCUT2D eigenvalue weighted by atomic mass is 32.2. The van der Waals surface area contributed by atoms with E-state index in [4.69, 9.17) is 5.26 Å². The Morgan fingerprint density at radius 3 is 2.64 bits per heavy atom. The summed E-state index contributed by atoms with van der Waals surface area (Å²) in [6.07, 6.45) is 1.61. The van der Waals surface area contributed by atoms with Crippen LogP contribution in [0.25, 0.3) is 11.0 Å². The van der Waals surface area contributed by atoms with Gasteiger partial charge in [-0.2, -0.15) is 5.26 Å². The number of urea groups is 1. The summed E-state index contributed by atoms with van der Waals surface area (Å²) < 4.78 is 0. The molecule has 3 aromatic rings. The number of fused-ring (bicyclic) bond motifs is 1. The zero-order valence-corrected chi connectivity index (χ0v) is 12.1. The third-order valence-corrected chi connectivity index (χ3v) is 3.55. The molecule has 22 heavy (non-hydrogen) atoms. The minimum absolute atomic E-state index is 0.334. The number of imidazole rings is 1. The molecule has 0 unspecified atom stereocenters. The lowest BCUT2D eigenvalue weighted by molar-refractivity contribution is 0.262. The van der Waals surface area contributed by atoms with E-state index < -0.39 is 0 Å². The highest BCUT2D eigenvalue weighted by Gasteiger charge is 2.04. The van der Waals surface area contributed by atoms with Gasteiger partial charge < -0.3 is 15.6 Å². The third kappa shape index (κ3) is 3.19. The number of anilines is 2. The van der Waals surface area contributed by atoms with Gasteiger partial charge in [0.1, 0.15) is 5.40 Å². The van der Waals surface area contributed by atoms with Crippen molar-refractivity contribution in [2.75, 3.05) is 10.6 Å². The monoisotopic (exact) mass is 309 g/mol. The number of nitriles is 1. The molecular weight excluding hydrogens is 298 g/mol. The first-order valence-corrected chi connectivity index (χ1v) is 7.23. The van der Waals surface area contributed by atoms with Crippen molar-refractivity contribution < 1.29 is 4.79 Å². The number of hydrogen-bond donors (Lipinski definition) is 3. The lowest BCUT2D eigenvalue weighted by Gasteiger charge is -2.08. The number of hydrogen-bond acceptors (Lipinski definition) is 4. The summed E-state index contributed by atoms with van der Waals surface area (Å²) in [6, 6.07) is 12.1. The molecule has 2 aromatic carbocycles. The van der Waals surface area contributed by atoms with E-state index in [1.165, 1.54) is 0 Å². The maximum Gasteiger partial charge on any atom is 0.323 e. The van der Waals surface area contributed by atoms with Crippen molar-refractivity contribution >= 4 is 40.2 Å². The molecule has 0 atom stereocenters. The molecule has 0 spiro atoms. The lowest BCUT2D eigenvalue weighted by Crippen LogP contribution is -2.19. The highest BCUT2D eigenvalue weighted by Crippen LogP contribution is 2.19. The normalized spacial score (nSPS) is 10.1. The first kappa shape index (κ1) is 14.0. The Bertz CT molecular complexity index is 850. The van der Waals surface area contributed by atoms with Gasteiger partial charge in [-0.05, 0) is 54.2 Å². The molecule has 0 saturated heterocycles. The van der Waals surface area contributed by atoms with Crippen LogP contribution >= 0.6 is 11.8 Å². The number of carbonyl (C=O) groups is 1. The van der Waals surface area contributed by atoms with Crippen molar-refractivity contribution in [2.24, 2.45) is 0 Å². The summed E-state index contributed by atoms with van der Waals surface area (Å²) in [5.74, 6) is 0. The minimum Gasteiger partial charge on any atom is -0.345 e. The maximum atomic E-state index is 12.0. The Morgan fingerprint density at radius 1 is 1.14 bits per heavy atom. The van der Waals surface area contributed by atoms with E-state index in [0.717, 1.165) is 27.7 Å². The van der Waals surface area contributed by atoms with Gasteiger partial charge >= 0.3 is 6.03 Å². The summed E-state index contributed by atoms with van der Waals surface area (Å²) in [6.45, 7) is 0. The molecule has 0 bridgehead atoms. The largest absolute Gasteiger partial charge is 0.345 e. The average molecular weight is 309 g/mol. The molecule has 0 saturated carbocycles. The van der Waals surface area contributed by atoms with Crippen LogP contribution in [0.15, 0.2) is 53.7 Å². The van der Waals surface area contributed by atoms with Crippen molar-refractivity contribution in [3.63, 3.8) is 0 Å². The van der Waals surface area contributed by atoms with Gasteiger partial charge in [0, 0.05) is 16.3 Å². The zero-order chi connectivity index (χ0) is 15.4. The SMILES string of the molecule is N#CSc1ccc(NC(=O)Nc2ccc3nc[nH]c3c2)cc1. The Balaban J connectivity index is 1.65. The Hall–Kier alpha value is -2.98. The fraction of sp³-hybridized carbons (Fsp3) is 0. The standard InChI is InChI=1S/C15H11N5OS/c16-8-22-12-4-1-10(2-5-12)19-15(21)20-11-3-6-13-14(7-11)18-9-17-13/h1-7,9H,(H,17,18)(H2,19,20,21). The van der Waals surface area contributed by atoms with Gasteiger partial charge in [0.05, 0.1) is 17.4 Å². The number of amides is 2. The summed E-state index contributed by atoms with van der Waals surface area (Å²) in [5, 5.41) is 16.1. The molecule has 0 aliphatic rings. The molecule has 1 heterocycles. The van der Waals surface area contributed by atoms with Crippen LogP contribution in [0.3, 0.4) is 0 Å². The zero-order valence-electron chi connectivity index (χ0n) is 11.3. The molecule has 2 amide bonds. The summed E-state index contributed by atoms with van der Waals surface area (Å²) >= 11 is 1.08. The number of H-pyrrole nitrogens is 1. The topological polar surface area (TPSA) is 93.6 Å². The number of thiocyanates is 1. The van der Waals surface area contributed by atoms with Gasteiger partial charge in [0.15, 0.2) is 0 Å². The smallest absolute Gasteiger partial charge is 0.323 e. The quantitative estimate of drug-likeness (QED) is 0.507. The summed E-state index contributed by atoms with van der Waals surface area (Å²) in [5.41, 5.74) is 3.03. The van der Waals surface area contributed by atoms with Crippen molar-refractivity contribution in [1.82, 2.24) is 9.97 Å². The van der Waals surface area contributed by atoms with E-state index >= 15 is 0 Å². The molecule has 0 aliphatic heterocycles. The molecule has 0 radical (unpaired) electrons. The van der Waals surface area contributed by atoms with Crippen LogP contribution in [0.1, 0.15) is 0 Å². The van der Waals surface area contributed by atoms with Crippen LogP contribution in [-0.4, -0.2) is 16.0 Å². The fourth-order valence-electron chi connectivity index (χ4n) is 1.97. The molecule has 3 rings (SSSR count). The van der Waals surface area contributed by atoms with Gasteiger partial charge in [0.2, 0.25) is 0 Å². The van der Waals surface area contributed by atoms with Crippen molar-refractivity contribution in [3.05, 3.63) is 48.8 Å². The number of aromatic nitrogens is 2. The molecule has 0 aliphatic carbocycles. The minimum atomic E-state index is -0.334. The number of thioether (sulfide) groups is 1. The van der Waals surface area contributed by atoms with Gasteiger partial charge in [-0.15, -0.1) is 0 Å². The second-order valence-electron chi connectivity index (χ2n) is 4.43. The van der Waals surface area contributed by atoms with E-state index in [1.807, 2.05) is 17.5 Å². The van der Waals surface area contributed by atoms with E-state index in [-0.39, 0.29) is 6.03 Å². The van der Waals surface area contributed by atoms with Gasteiger partial charge in [-0.25, -0.2) is 9.78 Å². The van der Waals surface area contributed by atoms with E-state index in [2.05, 4.69) is 20.6 Å². The van der Waals surface area contributed by atoms with E-state index in [9.17, 15) is 4.79 Å². The van der Waals surface area contributed by atoms with Crippen LogP contribution in [0.2, 0.25) is 0 Å². The fourth-order valence-corrected chi connectivity index (χ4v) is 2.34. The number of aromatic amines is 1. The summed E-state index contributed by atoms with van der Waals surface area (Å²) in [4.78, 5) is 19.9. The molecule has 0 fully saturated rings. The average Bonchev–Trinajstić information content (AvgIpc) is 2.97. The molecule has 3 N–H and O–H groups in total. The Kier molecular flexibility index (Phi) is 3.94. The number of nitrogens with one attached hydrogen (secondary N) is 3. The van der Waals surface area contributed by atoms with Crippen LogP contribution in [0, 0.1) is 10.7 Å². The number of carbonyl (C=O) groups excluding carboxylic acids is 1. The second kappa shape index (κ2) is 6.20. The first-order valence-electron chi connectivity index (χ1n) is 6.42. The van der Waals surface area contributed by atoms with E-state index in [1.54, 1.807) is 36.7 Å². The predicted octanol–water partition coefficient (Wildman–Crippen LogP) is 3.78. The number of rotatable bonds is 3. The Morgan fingerprint density at radius 2 is 1.86 bits per heavy atom. The first-order chi connectivity index (χ1) is 10.7. The second-order valence-corrected chi connectivity index (χ2v) is 5.29. The third-order valence-electron chi connectivity index (χ3n) is 2.95. The summed E-state index contributed by atoms with van der Waals surface area (Å²) in [7, 11) is 0. The van der Waals surface area contributed by atoms with Gasteiger partial charge in [-0.3, -0.25) is 0 Å². The van der Waals surface area contributed by atoms with Crippen LogP contribution in [-0.2, 0) is 0 Å². The van der Waals surface area contributed by atoms with Crippen LogP contribution < -0.4 is 10.6 Å². The molecular formula is C15H11N5OS. The maximum absolute atomic E-state index is 12.0. The molecule has 1 aromatic heterocycles. The highest BCUT2D eigenvalue weighted by molar-refractivity contribution is 8.03. The Labute approximate surface area is 130 Å². The molecule has 6 nitrogen and oxygen atoms in total. The molecule has 108 valence electrons. The number of nitrogens with zero attached hydrogens (tertiary/aromatic N) is 2. The van der Waals surface area contributed by atoms with Gasteiger partial charge in [0.25, 0.3) is 0 Å². The van der Waals surface area contributed by atoms with Crippen molar-refractivity contribution in [1.29, 1.82) is 5.26 Å². The number of benzene rings is 2. The van der Waals surface area contributed by atoms with Crippen molar-refractivity contribution in [3.8, 4) is 5.40 Å². The van der Waals surface area contributed by atoms with Crippen LogP contribution in [0.4, 0.5) is 16.2 Å². The van der Waals surface area contributed by atoms with Crippen molar-refractivity contribution in [2.45, 2.75) is 4.90 Å². The lowest BCUT2D eigenvalue weighted by atomic mass is 10.3. The predicted molar refractivity (Wildman–Crippen MR) is 86.6 cm³/mol. The van der Waals surface area contributed by atoms with Crippen LogP contribution in [0.5, 0.6) is 0 Å².